The first-order valence-corrected chi connectivity index (χ1v) is 16.2. The van der Waals surface area contributed by atoms with Crippen LogP contribution in [0.4, 0.5) is 8.78 Å². The number of carbonyl (C=O) groups excluding carboxylic acids is 1. The molecule has 2 atom stereocenters. The number of rotatable bonds is 9. The van der Waals surface area contributed by atoms with Crippen LogP contribution in [0.1, 0.15) is 74.8 Å². The summed E-state index contributed by atoms with van der Waals surface area (Å²) >= 11 is 1.51. The van der Waals surface area contributed by atoms with Gasteiger partial charge in [-0.1, -0.05) is 36.8 Å². The molecule has 1 unspecified atom stereocenters. The monoisotopic (exact) mass is 583 g/mol. The molecule has 2 fully saturated rings. The molecule has 2 heterocycles. The van der Waals surface area contributed by atoms with Crippen molar-refractivity contribution in [2.24, 2.45) is 17.8 Å². The summed E-state index contributed by atoms with van der Waals surface area (Å²) in [6, 6.07) is 10.4. The lowest BCUT2D eigenvalue weighted by Crippen LogP contribution is -2.60. The van der Waals surface area contributed by atoms with Crippen LogP contribution in [0, 0.1) is 24.7 Å². The number of allylic oxidation sites excluding steroid dienone is 1. The Morgan fingerprint density at radius 3 is 2.56 bits per heavy atom. The Labute approximate surface area is 246 Å². The molecule has 41 heavy (non-hydrogen) atoms. The fourth-order valence-electron chi connectivity index (χ4n) is 7.23. The van der Waals surface area contributed by atoms with Crippen molar-refractivity contribution >= 4 is 23.2 Å². The lowest BCUT2D eigenvalue weighted by molar-refractivity contribution is -0.151. The van der Waals surface area contributed by atoms with Gasteiger partial charge in [0, 0.05) is 34.3 Å². The molecule has 1 saturated carbocycles. The number of aromatic amines is 1. The molecule has 2 aliphatic carbocycles. The molecule has 5 nitrogen and oxygen atoms in total. The van der Waals surface area contributed by atoms with Crippen molar-refractivity contribution in [3.05, 3.63) is 68.6 Å². The van der Waals surface area contributed by atoms with Gasteiger partial charge in [0.2, 0.25) is 0 Å². The number of aryl methyl sites for hydroxylation is 1. The SMILES string of the molecule is CSc1cc(C)[nH]c(=O)c1CNC(=O)C1=C(C)C(CC[C@H](C)C2CCC(N3CC(F)(F)C3)CC2)Cc2ccccc21. The second kappa shape index (κ2) is 12.4. The predicted molar refractivity (Wildman–Crippen MR) is 162 cm³/mol. The van der Waals surface area contributed by atoms with Crippen LogP contribution in [0.5, 0.6) is 0 Å². The van der Waals surface area contributed by atoms with Crippen LogP contribution < -0.4 is 10.9 Å². The number of alkyl halides is 2. The van der Waals surface area contributed by atoms with Gasteiger partial charge < -0.3 is 10.3 Å². The van der Waals surface area contributed by atoms with Gasteiger partial charge in [0.1, 0.15) is 0 Å². The van der Waals surface area contributed by atoms with Crippen molar-refractivity contribution < 1.29 is 13.6 Å². The van der Waals surface area contributed by atoms with Gasteiger partial charge >= 0.3 is 0 Å². The first kappa shape index (κ1) is 30.0. The molecule has 1 aromatic carbocycles. The van der Waals surface area contributed by atoms with Gasteiger partial charge in [0.15, 0.2) is 0 Å². The van der Waals surface area contributed by atoms with Crippen molar-refractivity contribution in [2.75, 3.05) is 19.3 Å². The summed E-state index contributed by atoms with van der Waals surface area (Å²) in [6.45, 7) is 6.35. The summed E-state index contributed by atoms with van der Waals surface area (Å²) in [5.41, 5.74) is 5.29. The summed E-state index contributed by atoms with van der Waals surface area (Å²) in [6.07, 6.45) is 9.24. The van der Waals surface area contributed by atoms with Gasteiger partial charge in [0.25, 0.3) is 17.4 Å². The van der Waals surface area contributed by atoms with E-state index in [0.29, 0.717) is 23.4 Å². The Morgan fingerprint density at radius 2 is 1.88 bits per heavy atom. The molecular formula is C33H43F2N3O2S. The van der Waals surface area contributed by atoms with Crippen LogP contribution in [0.15, 0.2) is 45.6 Å². The number of benzene rings is 1. The maximum atomic E-state index is 13.7. The van der Waals surface area contributed by atoms with Gasteiger partial charge in [-0.25, -0.2) is 8.78 Å². The smallest absolute Gasteiger partial charge is 0.272 e. The predicted octanol–water partition coefficient (Wildman–Crippen LogP) is 6.59. The van der Waals surface area contributed by atoms with Gasteiger partial charge in [-0.05, 0) is 100.0 Å². The highest BCUT2D eigenvalue weighted by molar-refractivity contribution is 7.98. The number of amides is 1. The van der Waals surface area contributed by atoms with E-state index < -0.39 is 5.92 Å². The summed E-state index contributed by atoms with van der Waals surface area (Å²) < 4.78 is 26.6. The van der Waals surface area contributed by atoms with Gasteiger partial charge in [-0.15, -0.1) is 11.8 Å². The maximum Gasteiger partial charge on any atom is 0.272 e. The molecule has 8 heteroatoms. The molecule has 1 aromatic heterocycles. The lowest BCUT2D eigenvalue weighted by atomic mass is 9.73. The molecule has 0 bridgehead atoms. The lowest BCUT2D eigenvalue weighted by Gasteiger charge is -2.46. The van der Waals surface area contributed by atoms with Crippen LogP contribution in [0.3, 0.4) is 0 Å². The number of halogens is 2. The van der Waals surface area contributed by atoms with E-state index >= 15 is 0 Å². The zero-order valence-corrected chi connectivity index (χ0v) is 25.5. The fraction of sp³-hybridized carbons (Fsp3) is 0.576. The Morgan fingerprint density at radius 1 is 1.17 bits per heavy atom. The number of hydrogen-bond acceptors (Lipinski definition) is 4. The summed E-state index contributed by atoms with van der Waals surface area (Å²) in [7, 11) is 0. The third-order valence-corrected chi connectivity index (χ3v) is 10.6. The molecule has 0 spiro atoms. The van der Waals surface area contributed by atoms with Crippen molar-refractivity contribution in [1.29, 1.82) is 0 Å². The minimum Gasteiger partial charge on any atom is -0.348 e. The quantitative estimate of drug-likeness (QED) is 0.327. The van der Waals surface area contributed by atoms with E-state index in [0.717, 1.165) is 72.2 Å². The number of thioether (sulfide) groups is 1. The number of nitrogens with one attached hydrogen (secondary N) is 2. The molecule has 3 aliphatic rings. The van der Waals surface area contributed by atoms with Gasteiger partial charge in [0.05, 0.1) is 13.1 Å². The van der Waals surface area contributed by atoms with Crippen molar-refractivity contribution in [3.63, 3.8) is 0 Å². The standard InChI is InChI=1S/C33H43F2N3O2S/c1-20(23-11-13-26(14-12-23)38-18-33(34,35)19-38)9-10-24-16-25-7-5-6-8-27(25)30(22(24)3)32(40)36-17-28-29(41-4)15-21(2)37-31(28)39/h5-8,15,20,23-24,26H,9-14,16-19H2,1-4H3,(H,36,40)(H,37,39)/t20-,23?,24?,26?/m0/s1. The molecule has 222 valence electrons. The van der Waals surface area contributed by atoms with E-state index in [2.05, 4.69) is 30.2 Å². The Kier molecular flexibility index (Phi) is 9.10. The van der Waals surface area contributed by atoms with Crippen molar-refractivity contribution in [3.8, 4) is 0 Å². The molecule has 2 N–H and O–H groups in total. The minimum atomic E-state index is -2.49. The number of likely N-dealkylation sites (tertiary alicyclic amines) is 1. The van der Waals surface area contributed by atoms with Gasteiger partial charge in [-0.2, -0.15) is 0 Å². The molecule has 1 aliphatic heterocycles. The molecule has 1 amide bonds. The number of aromatic nitrogens is 1. The number of fused-ring (bicyclic) bond motifs is 1. The zero-order valence-electron chi connectivity index (χ0n) is 24.7. The van der Waals surface area contributed by atoms with Gasteiger partial charge in [-0.3, -0.25) is 14.5 Å². The molecule has 5 rings (SSSR count). The number of nitrogens with zero attached hydrogens (tertiary/aromatic N) is 1. The van der Waals surface area contributed by atoms with Crippen molar-refractivity contribution in [2.45, 2.75) is 89.1 Å². The molecule has 0 radical (unpaired) electrons. The summed E-state index contributed by atoms with van der Waals surface area (Å²) in [4.78, 5) is 32.0. The molecular weight excluding hydrogens is 540 g/mol. The average Bonchev–Trinajstić information content (AvgIpc) is 2.93. The number of hydrogen-bond donors (Lipinski definition) is 2. The largest absolute Gasteiger partial charge is 0.348 e. The second-order valence-corrected chi connectivity index (χ2v) is 13.4. The first-order valence-electron chi connectivity index (χ1n) is 15.0. The molecule has 1 saturated heterocycles. The molecule has 2 aromatic rings. The summed E-state index contributed by atoms with van der Waals surface area (Å²) in [5, 5.41) is 3.06. The van der Waals surface area contributed by atoms with E-state index in [4.69, 9.17) is 0 Å². The highest BCUT2D eigenvalue weighted by Crippen LogP contribution is 2.41. The zero-order chi connectivity index (χ0) is 29.3. The van der Waals surface area contributed by atoms with Crippen LogP contribution in [-0.4, -0.2) is 47.1 Å². The second-order valence-electron chi connectivity index (χ2n) is 12.5. The fourth-order valence-corrected chi connectivity index (χ4v) is 7.94. The summed E-state index contributed by atoms with van der Waals surface area (Å²) in [5.74, 6) is -1.13. The van der Waals surface area contributed by atoms with E-state index in [-0.39, 0.29) is 37.0 Å². The van der Waals surface area contributed by atoms with Crippen molar-refractivity contribution in [1.82, 2.24) is 15.2 Å². The number of H-pyrrole nitrogens is 1. The van der Waals surface area contributed by atoms with Crippen LogP contribution >= 0.6 is 11.8 Å². The first-order chi connectivity index (χ1) is 19.6. The van der Waals surface area contributed by atoms with E-state index in [9.17, 15) is 18.4 Å². The number of carbonyl (C=O) groups is 1. The Hall–Kier alpha value is -2.45. The van der Waals surface area contributed by atoms with E-state index in [1.54, 1.807) is 0 Å². The highest BCUT2D eigenvalue weighted by atomic mass is 32.2. The third-order valence-electron chi connectivity index (χ3n) is 9.76. The topological polar surface area (TPSA) is 65.2 Å². The average molecular weight is 584 g/mol. The Balaban J connectivity index is 1.23. The minimum absolute atomic E-state index is 0.0667. The van der Waals surface area contributed by atoms with Crippen LogP contribution in [0.2, 0.25) is 0 Å². The third kappa shape index (κ3) is 6.64. The number of pyridine rings is 1. The van der Waals surface area contributed by atoms with E-state index in [1.165, 1.54) is 17.3 Å². The maximum absolute atomic E-state index is 13.7. The Bertz CT molecular complexity index is 1350. The van der Waals surface area contributed by atoms with Crippen LogP contribution in [-0.2, 0) is 17.8 Å². The van der Waals surface area contributed by atoms with E-state index in [1.807, 2.05) is 42.3 Å². The van der Waals surface area contributed by atoms with Crippen LogP contribution in [0.25, 0.3) is 5.57 Å². The normalized spacial score (nSPS) is 24.9. The highest BCUT2D eigenvalue weighted by Gasteiger charge is 2.47.